The standard InChI is InChI=1S/C16H14N4O14S2/c21-15(17-33-35(27,28)13-5-1-3-11(9-13)19(23)24)31-7-8-32-16(22)18-34-36(29,30)14-6-2-4-12(10-14)20(25)26/h1-6,9-10H,7-8H2,(H,17,21)(H,18,22). The van der Waals surface area contributed by atoms with Gasteiger partial charge >= 0.3 is 32.4 Å². The van der Waals surface area contributed by atoms with Crippen LogP contribution in [-0.4, -0.2) is 52.1 Å². The third-order valence-corrected chi connectivity index (χ3v) is 5.92. The van der Waals surface area contributed by atoms with Gasteiger partial charge in [0.15, 0.2) is 0 Å². The molecule has 0 aliphatic carbocycles. The van der Waals surface area contributed by atoms with Crippen LogP contribution in [0.4, 0.5) is 21.0 Å². The number of hydrogen-bond donors (Lipinski definition) is 2. The van der Waals surface area contributed by atoms with E-state index in [1.807, 2.05) is 0 Å². The van der Waals surface area contributed by atoms with E-state index in [4.69, 9.17) is 0 Å². The molecule has 0 fully saturated rings. The molecule has 0 bridgehead atoms. The van der Waals surface area contributed by atoms with Crippen molar-refractivity contribution in [1.29, 1.82) is 0 Å². The number of nitro groups is 2. The summed E-state index contributed by atoms with van der Waals surface area (Å²) in [6.45, 7) is -1.31. The first-order chi connectivity index (χ1) is 16.8. The quantitative estimate of drug-likeness (QED) is 0.224. The number of amides is 2. The Hall–Kier alpha value is -4.40. The highest BCUT2D eigenvalue weighted by molar-refractivity contribution is 7.87. The Labute approximate surface area is 201 Å². The number of carbonyl (C=O) groups excluding carboxylic acids is 2. The summed E-state index contributed by atoms with van der Waals surface area (Å²) in [5.41, 5.74) is 1.73. The highest BCUT2D eigenvalue weighted by Crippen LogP contribution is 2.19. The predicted octanol–water partition coefficient (Wildman–Crippen LogP) is 0.896. The van der Waals surface area contributed by atoms with Gasteiger partial charge in [-0.3, -0.25) is 20.2 Å². The highest BCUT2D eigenvalue weighted by Gasteiger charge is 2.22. The van der Waals surface area contributed by atoms with Crippen LogP contribution in [-0.2, 0) is 38.3 Å². The average molecular weight is 550 g/mol. The van der Waals surface area contributed by atoms with E-state index in [1.165, 1.54) is 11.0 Å². The largest absolute Gasteiger partial charge is 0.444 e. The number of hydrogen-bond acceptors (Lipinski definition) is 14. The number of hydroxylamine groups is 2. The van der Waals surface area contributed by atoms with E-state index in [0.29, 0.717) is 12.1 Å². The molecule has 0 saturated heterocycles. The fraction of sp³-hybridized carbons (Fsp3) is 0.125. The van der Waals surface area contributed by atoms with Gasteiger partial charge in [-0.2, -0.15) is 27.8 Å². The molecule has 2 aromatic rings. The van der Waals surface area contributed by atoms with Crippen molar-refractivity contribution in [3.8, 4) is 0 Å². The van der Waals surface area contributed by atoms with E-state index in [-0.39, 0.29) is 0 Å². The van der Waals surface area contributed by atoms with E-state index < -0.39 is 76.6 Å². The molecular weight excluding hydrogens is 536 g/mol. The molecule has 0 radical (unpaired) electrons. The van der Waals surface area contributed by atoms with Crippen molar-refractivity contribution in [2.45, 2.75) is 9.79 Å². The monoisotopic (exact) mass is 550 g/mol. The predicted molar refractivity (Wildman–Crippen MR) is 112 cm³/mol. The third kappa shape index (κ3) is 8.12. The summed E-state index contributed by atoms with van der Waals surface area (Å²) in [5.74, 6) is 0. The molecule has 18 nitrogen and oxygen atoms in total. The number of nitrogens with zero attached hydrogens (tertiary/aromatic N) is 2. The number of carbonyl (C=O) groups is 2. The molecular formula is C16H14N4O14S2. The second-order valence-corrected chi connectivity index (χ2v) is 9.15. The molecule has 2 N–H and O–H groups in total. The smallest absolute Gasteiger partial charge is 0.432 e. The summed E-state index contributed by atoms with van der Waals surface area (Å²) in [7, 11) is -9.26. The first-order valence-electron chi connectivity index (χ1n) is 9.03. The summed E-state index contributed by atoms with van der Waals surface area (Å²) < 4.78 is 65.1. The molecule has 0 heterocycles. The van der Waals surface area contributed by atoms with Gasteiger partial charge in [-0.25, -0.2) is 9.59 Å². The number of benzene rings is 2. The summed E-state index contributed by atoms with van der Waals surface area (Å²) in [5, 5.41) is 21.4. The maximum atomic E-state index is 11.9. The number of nitro benzene ring substituents is 2. The Kier molecular flexibility index (Phi) is 9.15. The van der Waals surface area contributed by atoms with E-state index >= 15 is 0 Å². The molecule has 194 valence electrons. The lowest BCUT2D eigenvalue weighted by Gasteiger charge is -2.09. The van der Waals surface area contributed by atoms with E-state index in [1.54, 1.807) is 0 Å². The fourth-order valence-electron chi connectivity index (χ4n) is 2.11. The maximum Gasteiger partial charge on any atom is 0.432 e. The second kappa shape index (κ2) is 11.8. The van der Waals surface area contributed by atoms with E-state index in [9.17, 15) is 46.7 Å². The normalized spacial score (nSPS) is 11.2. The summed E-state index contributed by atoms with van der Waals surface area (Å²) in [4.78, 5) is 41.5. The van der Waals surface area contributed by atoms with Crippen LogP contribution in [0.1, 0.15) is 0 Å². The minimum Gasteiger partial charge on any atom is -0.444 e. The zero-order chi connectivity index (χ0) is 26.9. The van der Waals surface area contributed by atoms with E-state index in [0.717, 1.165) is 36.4 Å². The van der Waals surface area contributed by atoms with Crippen LogP contribution in [0.25, 0.3) is 0 Å². The lowest BCUT2D eigenvalue weighted by Crippen LogP contribution is -2.31. The molecule has 0 spiro atoms. The maximum absolute atomic E-state index is 11.9. The van der Waals surface area contributed by atoms with Crippen LogP contribution in [0.15, 0.2) is 58.3 Å². The molecule has 20 heteroatoms. The molecule has 0 aliphatic rings. The van der Waals surface area contributed by atoms with Gasteiger partial charge in [-0.1, -0.05) is 12.1 Å². The molecule has 0 saturated carbocycles. The van der Waals surface area contributed by atoms with Gasteiger partial charge in [0.1, 0.15) is 23.0 Å². The van der Waals surface area contributed by atoms with Crippen molar-refractivity contribution in [1.82, 2.24) is 11.0 Å². The van der Waals surface area contributed by atoms with Gasteiger partial charge < -0.3 is 9.47 Å². The molecule has 2 aromatic carbocycles. The zero-order valence-electron chi connectivity index (χ0n) is 17.5. The summed E-state index contributed by atoms with van der Waals surface area (Å²) in [6, 6.07) is 7.55. The second-order valence-electron chi connectivity index (χ2n) is 6.06. The van der Waals surface area contributed by atoms with Crippen LogP contribution >= 0.6 is 0 Å². The topological polar surface area (TPSA) is 250 Å². The number of ether oxygens (including phenoxy) is 2. The van der Waals surface area contributed by atoms with Crippen molar-refractivity contribution >= 4 is 43.8 Å². The average Bonchev–Trinajstić information content (AvgIpc) is 2.84. The van der Waals surface area contributed by atoms with Crippen molar-refractivity contribution in [3.63, 3.8) is 0 Å². The van der Waals surface area contributed by atoms with Crippen molar-refractivity contribution in [3.05, 3.63) is 68.8 Å². The molecule has 0 aromatic heterocycles. The Balaban J connectivity index is 1.74. The number of non-ortho nitro benzene ring substituents is 2. The Morgan fingerprint density at radius 1 is 0.722 bits per heavy atom. The lowest BCUT2D eigenvalue weighted by atomic mass is 10.3. The Morgan fingerprint density at radius 2 is 1.08 bits per heavy atom. The van der Waals surface area contributed by atoms with Crippen LogP contribution in [0.3, 0.4) is 0 Å². The van der Waals surface area contributed by atoms with Gasteiger partial charge in [0.25, 0.3) is 11.4 Å². The molecule has 2 rings (SSSR count). The van der Waals surface area contributed by atoms with Crippen molar-refractivity contribution in [2.75, 3.05) is 13.2 Å². The lowest BCUT2D eigenvalue weighted by molar-refractivity contribution is -0.385. The molecule has 0 atom stereocenters. The molecule has 0 aliphatic heterocycles. The van der Waals surface area contributed by atoms with Gasteiger partial charge in [0, 0.05) is 24.3 Å². The van der Waals surface area contributed by atoms with Gasteiger partial charge in [-0.15, -0.1) is 8.57 Å². The first kappa shape index (κ1) is 27.8. The van der Waals surface area contributed by atoms with Gasteiger partial charge in [0.2, 0.25) is 0 Å². The highest BCUT2D eigenvalue weighted by atomic mass is 32.2. The number of rotatable bonds is 11. The molecule has 36 heavy (non-hydrogen) atoms. The zero-order valence-corrected chi connectivity index (χ0v) is 19.1. The Morgan fingerprint density at radius 3 is 1.42 bits per heavy atom. The summed E-state index contributed by atoms with van der Waals surface area (Å²) in [6.07, 6.45) is -2.89. The third-order valence-electron chi connectivity index (χ3n) is 3.65. The van der Waals surface area contributed by atoms with Crippen molar-refractivity contribution in [2.24, 2.45) is 0 Å². The minimum absolute atomic E-state index is 0.542. The SMILES string of the molecule is O=C(NOS(=O)(=O)c1cccc([N+](=O)[O-])c1)OCCOC(=O)NOS(=O)(=O)c1cccc([N+](=O)[O-])c1. The van der Waals surface area contributed by atoms with Gasteiger partial charge in [0.05, 0.1) is 9.85 Å². The Bertz CT molecular complexity index is 1270. The molecule has 2 amide bonds. The molecule has 0 unspecified atom stereocenters. The van der Waals surface area contributed by atoms with Gasteiger partial charge in [-0.05, 0) is 12.1 Å². The number of nitrogens with one attached hydrogen (secondary N) is 2. The fourth-order valence-corrected chi connectivity index (χ4v) is 3.68. The van der Waals surface area contributed by atoms with Crippen LogP contribution in [0.2, 0.25) is 0 Å². The van der Waals surface area contributed by atoms with Crippen LogP contribution < -0.4 is 11.0 Å². The van der Waals surface area contributed by atoms with E-state index in [2.05, 4.69) is 18.0 Å². The first-order valence-corrected chi connectivity index (χ1v) is 11.8. The van der Waals surface area contributed by atoms with Crippen LogP contribution in [0, 0.1) is 20.2 Å². The summed E-state index contributed by atoms with van der Waals surface area (Å²) >= 11 is 0. The van der Waals surface area contributed by atoms with Crippen molar-refractivity contribution < 1.29 is 54.3 Å². The minimum atomic E-state index is -4.63. The van der Waals surface area contributed by atoms with Crippen LogP contribution in [0.5, 0.6) is 0 Å².